The Bertz CT molecular complexity index is 1480. The van der Waals surface area contributed by atoms with Crippen molar-refractivity contribution in [2.24, 2.45) is 12.0 Å². The normalized spacial score (nSPS) is 13.8. The Labute approximate surface area is 189 Å². The molecule has 1 aliphatic heterocycles. The molecule has 0 spiro atoms. The summed E-state index contributed by atoms with van der Waals surface area (Å²) in [4.78, 5) is 30.0. The molecule has 0 fully saturated rings. The van der Waals surface area contributed by atoms with E-state index in [0.717, 1.165) is 39.4 Å². The monoisotopic (exact) mass is 440 g/mol. The number of carbonyl (C=O) groups excluding carboxylic acids is 2. The lowest BCUT2D eigenvalue weighted by Gasteiger charge is -2.03. The third kappa shape index (κ3) is 3.19. The fraction of sp³-hybridized carbons (Fsp3) is 0.160. The predicted molar refractivity (Wildman–Crippen MR) is 129 cm³/mol. The highest BCUT2D eigenvalue weighted by Crippen LogP contribution is 2.38. The summed E-state index contributed by atoms with van der Waals surface area (Å²) in [5.41, 5.74) is 4.35. The van der Waals surface area contributed by atoms with Crippen LogP contribution in [0.3, 0.4) is 0 Å². The highest BCUT2D eigenvalue weighted by molar-refractivity contribution is 7.78. The number of hydrogen-bond donors (Lipinski definition) is 1. The molecule has 2 aromatic carbocycles. The zero-order valence-electron chi connectivity index (χ0n) is 17.5. The van der Waals surface area contributed by atoms with Gasteiger partial charge < -0.3 is 9.13 Å². The molecule has 0 unspecified atom stereocenters. The molecule has 1 N–H and O–H groups in total. The van der Waals surface area contributed by atoms with Crippen molar-refractivity contribution >= 4 is 62.1 Å². The Kier molecular flexibility index (Phi) is 5.05. The van der Waals surface area contributed by atoms with Gasteiger partial charge in [0, 0.05) is 58.9 Å². The molecule has 0 radical (unpaired) electrons. The van der Waals surface area contributed by atoms with Crippen LogP contribution < -0.4 is 5.32 Å². The number of carbonyl (C=O) groups is 2. The van der Waals surface area contributed by atoms with E-state index in [9.17, 15) is 9.59 Å². The Morgan fingerprint density at radius 3 is 2.19 bits per heavy atom. The van der Waals surface area contributed by atoms with Gasteiger partial charge in [0.25, 0.3) is 11.8 Å². The lowest BCUT2D eigenvalue weighted by molar-refractivity contribution is -0.122. The Balaban J connectivity index is 1.73. The maximum absolute atomic E-state index is 13.0. The Hall–Kier alpha value is -3.80. The number of benzene rings is 2. The minimum absolute atomic E-state index is 0.367. The number of hydrogen-bond acceptors (Lipinski definition) is 4. The largest absolute Gasteiger partial charge is 0.350 e. The Morgan fingerprint density at radius 2 is 1.50 bits per heavy atom. The fourth-order valence-corrected chi connectivity index (χ4v) is 4.60. The minimum atomic E-state index is -0.369. The van der Waals surface area contributed by atoms with E-state index in [1.807, 2.05) is 72.5 Å². The van der Waals surface area contributed by atoms with E-state index in [4.69, 9.17) is 0 Å². The average Bonchev–Trinajstić information content (AvgIpc) is 3.42. The van der Waals surface area contributed by atoms with Crippen LogP contribution in [-0.4, -0.2) is 32.7 Å². The van der Waals surface area contributed by atoms with E-state index in [1.165, 1.54) is 0 Å². The zero-order chi connectivity index (χ0) is 22.2. The van der Waals surface area contributed by atoms with E-state index in [0.29, 0.717) is 24.2 Å². The first kappa shape index (κ1) is 20.1. The lowest BCUT2D eigenvalue weighted by Crippen LogP contribution is -2.22. The number of isothiocyanates is 1. The number of rotatable bonds is 6. The molecule has 2 amide bonds. The number of aryl methyl sites for hydroxylation is 2. The van der Waals surface area contributed by atoms with Crippen LogP contribution in [0.15, 0.2) is 65.9 Å². The number of imide groups is 1. The number of nitrogens with one attached hydrogen (secondary N) is 1. The fourth-order valence-electron chi connectivity index (χ4n) is 4.51. The summed E-state index contributed by atoms with van der Waals surface area (Å²) < 4.78 is 4.08. The molecule has 0 saturated carbocycles. The van der Waals surface area contributed by atoms with Gasteiger partial charge in [-0.3, -0.25) is 14.9 Å². The van der Waals surface area contributed by atoms with Gasteiger partial charge in [0.2, 0.25) is 0 Å². The SMILES string of the molecule is Cn1cc(C2=C(c3cn(CCCN=C=S)c4ccccc34)C(=O)NC2=O)c2ccccc21. The van der Waals surface area contributed by atoms with Gasteiger partial charge in [0.05, 0.1) is 22.9 Å². The molecule has 32 heavy (non-hydrogen) atoms. The van der Waals surface area contributed by atoms with E-state index in [2.05, 4.69) is 32.3 Å². The molecule has 3 heterocycles. The molecular formula is C25H20N4O2S. The maximum Gasteiger partial charge on any atom is 0.259 e. The average molecular weight is 441 g/mol. The number of amides is 2. The first-order chi connectivity index (χ1) is 15.6. The van der Waals surface area contributed by atoms with Crippen LogP contribution >= 0.6 is 12.2 Å². The number of aliphatic imine (C=N–C) groups is 1. The van der Waals surface area contributed by atoms with E-state index in [-0.39, 0.29) is 11.8 Å². The van der Waals surface area contributed by atoms with Crippen molar-refractivity contribution in [3.63, 3.8) is 0 Å². The molecule has 5 rings (SSSR count). The second-order valence-electron chi connectivity index (χ2n) is 7.78. The molecular weight excluding hydrogens is 420 g/mol. The van der Waals surface area contributed by atoms with Gasteiger partial charge in [-0.2, -0.15) is 0 Å². The van der Waals surface area contributed by atoms with Crippen LogP contribution in [0.25, 0.3) is 33.0 Å². The molecule has 0 aliphatic carbocycles. The van der Waals surface area contributed by atoms with Crippen LogP contribution in [0.2, 0.25) is 0 Å². The van der Waals surface area contributed by atoms with Gasteiger partial charge in [0.1, 0.15) is 0 Å². The van der Waals surface area contributed by atoms with Gasteiger partial charge in [-0.05, 0) is 30.8 Å². The van der Waals surface area contributed by atoms with Crippen molar-refractivity contribution in [1.29, 1.82) is 0 Å². The summed E-state index contributed by atoms with van der Waals surface area (Å²) in [5.74, 6) is -0.736. The molecule has 2 aromatic heterocycles. The van der Waals surface area contributed by atoms with Crippen molar-refractivity contribution in [2.45, 2.75) is 13.0 Å². The summed E-state index contributed by atoms with van der Waals surface area (Å²) >= 11 is 4.65. The topological polar surface area (TPSA) is 68.4 Å². The first-order valence-corrected chi connectivity index (χ1v) is 10.8. The van der Waals surface area contributed by atoms with Crippen LogP contribution in [-0.2, 0) is 23.2 Å². The minimum Gasteiger partial charge on any atom is -0.350 e. The van der Waals surface area contributed by atoms with Crippen molar-refractivity contribution in [3.8, 4) is 0 Å². The van der Waals surface area contributed by atoms with Crippen LogP contribution in [0, 0.1) is 0 Å². The van der Waals surface area contributed by atoms with Gasteiger partial charge in [-0.25, -0.2) is 4.99 Å². The summed E-state index contributed by atoms with van der Waals surface area (Å²) in [6, 6.07) is 15.8. The van der Waals surface area contributed by atoms with Crippen molar-refractivity contribution in [1.82, 2.24) is 14.5 Å². The van der Waals surface area contributed by atoms with Crippen LogP contribution in [0.5, 0.6) is 0 Å². The zero-order valence-corrected chi connectivity index (χ0v) is 18.3. The lowest BCUT2D eigenvalue weighted by atomic mass is 9.95. The molecule has 6 nitrogen and oxygen atoms in total. The van der Waals surface area contributed by atoms with Gasteiger partial charge in [0.15, 0.2) is 0 Å². The molecule has 0 saturated heterocycles. The van der Waals surface area contributed by atoms with Gasteiger partial charge in [-0.15, -0.1) is 0 Å². The second kappa shape index (κ2) is 8.04. The number of para-hydroxylation sites is 2. The number of aromatic nitrogens is 2. The number of nitrogens with zero attached hydrogens (tertiary/aromatic N) is 3. The quantitative estimate of drug-likeness (QED) is 0.212. The smallest absolute Gasteiger partial charge is 0.259 e. The molecule has 4 aromatic rings. The summed E-state index contributed by atoms with van der Waals surface area (Å²) in [7, 11) is 1.94. The molecule has 7 heteroatoms. The van der Waals surface area contributed by atoms with Crippen molar-refractivity contribution in [3.05, 3.63) is 72.1 Å². The maximum atomic E-state index is 13.0. The summed E-state index contributed by atoms with van der Waals surface area (Å²) in [6.45, 7) is 1.31. The summed E-state index contributed by atoms with van der Waals surface area (Å²) in [6.07, 6.45) is 4.67. The highest BCUT2D eigenvalue weighted by Gasteiger charge is 2.35. The molecule has 1 aliphatic rings. The number of thiocarbonyl (C=S) groups is 1. The second-order valence-corrected chi connectivity index (χ2v) is 7.97. The number of fused-ring (bicyclic) bond motifs is 2. The molecule has 158 valence electrons. The third-order valence-corrected chi connectivity index (χ3v) is 6.02. The van der Waals surface area contributed by atoms with Crippen LogP contribution in [0.4, 0.5) is 0 Å². The van der Waals surface area contributed by atoms with E-state index >= 15 is 0 Å². The summed E-state index contributed by atoms with van der Waals surface area (Å²) in [5, 5.41) is 6.78. The van der Waals surface area contributed by atoms with Gasteiger partial charge in [-0.1, -0.05) is 36.4 Å². The first-order valence-electron chi connectivity index (χ1n) is 10.4. The van der Waals surface area contributed by atoms with Crippen LogP contribution in [0.1, 0.15) is 17.5 Å². The van der Waals surface area contributed by atoms with Crippen molar-refractivity contribution < 1.29 is 9.59 Å². The standard InChI is InChI=1S/C25H20N4O2S/c1-28-13-18(16-7-2-4-9-20(16)28)22-23(25(31)27-24(22)30)19-14-29(12-6-11-26-15-32)21-10-5-3-8-17(19)21/h2-5,7-10,13-14H,6,11-12H2,1H3,(H,27,30,31). The molecule has 0 bridgehead atoms. The third-order valence-electron chi connectivity index (χ3n) is 5.89. The predicted octanol–water partition coefficient (Wildman–Crippen LogP) is 4.19. The van der Waals surface area contributed by atoms with Gasteiger partial charge >= 0.3 is 0 Å². The van der Waals surface area contributed by atoms with E-state index in [1.54, 1.807) is 0 Å². The molecule has 0 atom stereocenters. The van der Waals surface area contributed by atoms with Crippen molar-refractivity contribution in [2.75, 3.05) is 6.54 Å². The Morgan fingerprint density at radius 1 is 0.906 bits per heavy atom. The van der Waals surface area contributed by atoms with E-state index < -0.39 is 0 Å². The highest BCUT2D eigenvalue weighted by atomic mass is 32.1.